The molecule has 2 aliphatic rings. The van der Waals surface area contributed by atoms with Crippen molar-refractivity contribution in [3.63, 3.8) is 0 Å². The average molecular weight is 538 g/mol. The number of ether oxygens (including phenoxy) is 1. The Bertz CT molecular complexity index is 1280. The van der Waals surface area contributed by atoms with Crippen LogP contribution in [0.1, 0.15) is 44.6 Å². The molecule has 0 spiro atoms. The molecule has 3 aromatic rings. The lowest BCUT2D eigenvalue weighted by atomic mass is 9.84. The number of nitrogens with zero attached hydrogens (tertiary/aromatic N) is 4. The maximum absolute atomic E-state index is 14.6. The predicted molar refractivity (Wildman–Crippen MR) is 133 cm³/mol. The van der Waals surface area contributed by atoms with Crippen molar-refractivity contribution in [3.8, 4) is 0 Å². The van der Waals surface area contributed by atoms with E-state index in [0.717, 1.165) is 25.0 Å². The number of primary amides is 1. The summed E-state index contributed by atoms with van der Waals surface area (Å²) in [6.07, 6.45) is 3.93. The van der Waals surface area contributed by atoms with Crippen LogP contribution in [-0.2, 0) is 9.53 Å². The van der Waals surface area contributed by atoms with Crippen molar-refractivity contribution in [2.45, 2.75) is 56.8 Å². The summed E-state index contributed by atoms with van der Waals surface area (Å²) in [6, 6.07) is 1.41. The van der Waals surface area contributed by atoms with Crippen molar-refractivity contribution in [2.24, 2.45) is 11.7 Å². The van der Waals surface area contributed by atoms with Crippen LogP contribution in [0, 0.1) is 17.6 Å². The molecule has 4 N–H and O–H groups in total. The van der Waals surface area contributed by atoms with Crippen LogP contribution >= 0.6 is 11.6 Å². The Balaban J connectivity index is 1.50. The van der Waals surface area contributed by atoms with E-state index < -0.39 is 29.5 Å². The molecular formula is C24H27ClF3N7O2. The highest BCUT2D eigenvalue weighted by molar-refractivity contribution is 6.30. The molecule has 3 heterocycles. The summed E-state index contributed by atoms with van der Waals surface area (Å²) in [4.78, 5) is 24.8. The van der Waals surface area contributed by atoms with Crippen LogP contribution in [0.25, 0.3) is 11.2 Å². The first-order valence-corrected chi connectivity index (χ1v) is 12.6. The van der Waals surface area contributed by atoms with Crippen LogP contribution in [0.3, 0.4) is 0 Å². The zero-order valence-corrected chi connectivity index (χ0v) is 20.6. The van der Waals surface area contributed by atoms with E-state index in [2.05, 4.69) is 25.6 Å². The number of hydrogen-bond acceptors (Lipinski definition) is 7. The molecule has 1 saturated carbocycles. The van der Waals surface area contributed by atoms with Gasteiger partial charge in [-0.05, 0) is 50.2 Å². The average Bonchev–Trinajstić information content (AvgIpc) is 3.20. The van der Waals surface area contributed by atoms with Crippen molar-refractivity contribution >= 4 is 46.3 Å². The number of rotatable bonds is 7. The highest BCUT2D eigenvalue weighted by Gasteiger charge is 2.30. The topological polar surface area (TPSA) is 120 Å². The number of nitrogens with one attached hydrogen (secondary N) is 2. The van der Waals surface area contributed by atoms with Gasteiger partial charge in [-0.1, -0.05) is 11.6 Å². The third kappa shape index (κ3) is 5.59. The number of benzene rings is 1. The van der Waals surface area contributed by atoms with E-state index in [1.54, 1.807) is 4.57 Å². The zero-order valence-electron chi connectivity index (χ0n) is 19.9. The number of aromatic nitrogens is 4. The summed E-state index contributed by atoms with van der Waals surface area (Å²) in [5.41, 5.74) is 5.83. The van der Waals surface area contributed by atoms with Gasteiger partial charge in [0.1, 0.15) is 17.4 Å². The highest BCUT2D eigenvalue weighted by atomic mass is 35.5. The number of carbonyl (C=O) groups excluding carboxylic acids is 1. The summed E-state index contributed by atoms with van der Waals surface area (Å²) in [6.45, 7) is 0.428. The smallest absolute Gasteiger partial charge is 0.225 e. The molecule has 0 bridgehead atoms. The van der Waals surface area contributed by atoms with Crippen LogP contribution in [0.15, 0.2) is 18.3 Å². The third-order valence-corrected chi connectivity index (χ3v) is 7.17. The van der Waals surface area contributed by atoms with Gasteiger partial charge in [0.25, 0.3) is 0 Å². The Morgan fingerprint density at radius 1 is 1.16 bits per heavy atom. The minimum atomic E-state index is -1.20. The molecule has 1 amide bonds. The maximum atomic E-state index is 14.6. The van der Waals surface area contributed by atoms with Crippen molar-refractivity contribution in [1.82, 2.24) is 19.5 Å². The number of fused-ring (bicyclic) bond motifs is 1. The summed E-state index contributed by atoms with van der Waals surface area (Å²) in [5, 5.41) is 5.75. The number of nitrogens with two attached hydrogens (primary N) is 1. The van der Waals surface area contributed by atoms with Crippen molar-refractivity contribution < 1.29 is 22.7 Å². The second-order valence-corrected chi connectivity index (χ2v) is 9.99. The van der Waals surface area contributed by atoms with Crippen LogP contribution in [0.4, 0.5) is 30.8 Å². The number of amides is 1. The van der Waals surface area contributed by atoms with Gasteiger partial charge in [-0.2, -0.15) is 4.98 Å². The lowest BCUT2D eigenvalue weighted by Gasteiger charge is -2.30. The fourth-order valence-electron chi connectivity index (χ4n) is 5.09. The van der Waals surface area contributed by atoms with Gasteiger partial charge in [0.05, 0.1) is 18.8 Å². The molecule has 9 nitrogen and oxygen atoms in total. The Kier molecular flexibility index (Phi) is 7.38. The third-order valence-electron chi connectivity index (χ3n) is 6.95. The SMILES string of the molecule is NC(=O)CC1CCC(n2c(Nc3c(F)cc(Cl)cc3F)nc3cnc(N[C@H]4CCOC[C@H]4F)nc32)CC1. The molecule has 37 heavy (non-hydrogen) atoms. The monoisotopic (exact) mass is 537 g/mol. The van der Waals surface area contributed by atoms with Crippen LogP contribution in [-0.4, -0.2) is 50.9 Å². The molecular weight excluding hydrogens is 511 g/mol. The van der Waals surface area contributed by atoms with Gasteiger partial charge in [0.15, 0.2) is 17.3 Å². The summed E-state index contributed by atoms with van der Waals surface area (Å²) < 4.78 is 50.5. The van der Waals surface area contributed by atoms with Gasteiger partial charge in [-0.25, -0.2) is 23.1 Å². The first-order chi connectivity index (χ1) is 17.8. The number of halogens is 4. The van der Waals surface area contributed by atoms with Crippen LogP contribution in [0.2, 0.25) is 5.02 Å². The van der Waals surface area contributed by atoms with Crippen LogP contribution < -0.4 is 16.4 Å². The van der Waals surface area contributed by atoms with Gasteiger partial charge in [-0.15, -0.1) is 0 Å². The van der Waals surface area contributed by atoms with E-state index in [0.29, 0.717) is 43.5 Å². The number of carbonyl (C=O) groups is 1. The van der Waals surface area contributed by atoms with Gasteiger partial charge >= 0.3 is 0 Å². The zero-order chi connectivity index (χ0) is 26.1. The molecule has 13 heteroatoms. The number of anilines is 3. The van der Waals surface area contributed by atoms with Crippen molar-refractivity contribution in [3.05, 3.63) is 35.0 Å². The van der Waals surface area contributed by atoms with Gasteiger partial charge in [-0.3, -0.25) is 9.36 Å². The number of imidazole rings is 1. The van der Waals surface area contributed by atoms with E-state index in [1.807, 2.05) is 0 Å². The Labute approximate surface area is 215 Å². The molecule has 5 rings (SSSR count). The highest BCUT2D eigenvalue weighted by Crippen LogP contribution is 2.38. The summed E-state index contributed by atoms with van der Waals surface area (Å²) >= 11 is 5.78. The normalized spacial score (nSPS) is 24.2. The molecule has 2 fully saturated rings. The standard InChI is InChI=1S/C24H27ClF3N7O2/c25-13-8-15(26)21(16(27)9-13)33-24-32-19-10-30-23(31-18-5-6-37-11-17(18)28)34-22(19)35(24)14-3-1-12(2-4-14)7-20(29)36/h8-10,12,14,17-18H,1-7,11H2,(H2,29,36)(H,32,33)(H,30,31,34)/t12?,14?,17-,18+/m1/s1. The lowest BCUT2D eigenvalue weighted by Crippen LogP contribution is -2.39. The van der Waals surface area contributed by atoms with Gasteiger partial charge in [0.2, 0.25) is 17.8 Å². The molecule has 0 radical (unpaired) electrons. The maximum Gasteiger partial charge on any atom is 0.225 e. The minimum absolute atomic E-state index is 0.00131. The molecule has 0 unspecified atom stereocenters. The Morgan fingerprint density at radius 3 is 2.57 bits per heavy atom. The second-order valence-electron chi connectivity index (χ2n) is 9.55. The van der Waals surface area contributed by atoms with Crippen LogP contribution in [0.5, 0.6) is 0 Å². The first kappa shape index (κ1) is 25.5. The molecule has 1 aliphatic carbocycles. The Hall–Kier alpha value is -3.12. The summed E-state index contributed by atoms with van der Waals surface area (Å²) in [5.74, 6) is -1.48. The fraction of sp³-hybridized carbons (Fsp3) is 0.500. The summed E-state index contributed by atoms with van der Waals surface area (Å²) in [7, 11) is 0. The predicted octanol–water partition coefficient (Wildman–Crippen LogP) is 4.65. The minimum Gasteiger partial charge on any atom is -0.378 e. The first-order valence-electron chi connectivity index (χ1n) is 12.2. The lowest BCUT2D eigenvalue weighted by molar-refractivity contribution is -0.119. The van der Waals surface area contributed by atoms with E-state index >= 15 is 0 Å². The Morgan fingerprint density at radius 2 is 1.89 bits per heavy atom. The van der Waals surface area contributed by atoms with E-state index in [-0.39, 0.29) is 41.4 Å². The molecule has 198 valence electrons. The fourth-order valence-corrected chi connectivity index (χ4v) is 5.28. The molecule has 1 aliphatic heterocycles. The van der Waals surface area contributed by atoms with E-state index in [9.17, 15) is 18.0 Å². The van der Waals surface area contributed by atoms with Gasteiger partial charge in [0, 0.05) is 24.1 Å². The van der Waals surface area contributed by atoms with E-state index in [1.165, 1.54) is 6.20 Å². The molecule has 2 aromatic heterocycles. The van der Waals surface area contributed by atoms with Gasteiger partial charge < -0.3 is 21.1 Å². The van der Waals surface area contributed by atoms with E-state index in [4.69, 9.17) is 22.1 Å². The molecule has 1 aromatic carbocycles. The second kappa shape index (κ2) is 10.7. The largest absolute Gasteiger partial charge is 0.378 e. The number of alkyl halides is 1. The number of hydrogen-bond donors (Lipinski definition) is 3. The van der Waals surface area contributed by atoms with Crippen molar-refractivity contribution in [2.75, 3.05) is 23.8 Å². The van der Waals surface area contributed by atoms with Crippen molar-refractivity contribution in [1.29, 1.82) is 0 Å². The molecule has 2 atom stereocenters. The molecule has 1 saturated heterocycles. The quantitative estimate of drug-likeness (QED) is 0.401.